The molecule has 19 heavy (non-hydrogen) atoms. The Balaban J connectivity index is 2.27. The van der Waals surface area contributed by atoms with Crippen LogP contribution in [0.3, 0.4) is 0 Å². The van der Waals surface area contributed by atoms with Gasteiger partial charge < -0.3 is 5.73 Å². The predicted octanol–water partition coefficient (Wildman–Crippen LogP) is 1.41. The first-order valence-corrected chi connectivity index (χ1v) is 6.47. The monoisotopic (exact) mass is 273 g/mol. The molecular formula is C12H11N5OS. The molecule has 0 aliphatic carbocycles. The van der Waals surface area contributed by atoms with E-state index in [9.17, 15) is 4.79 Å². The van der Waals surface area contributed by atoms with Gasteiger partial charge in [0.15, 0.2) is 5.69 Å². The van der Waals surface area contributed by atoms with Crippen molar-refractivity contribution < 1.29 is 0 Å². The summed E-state index contributed by atoms with van der Waals surface area (Å²) in [4.78, 5) is 12.7. The average Bonchev–Trinajstić information content (AvgIpc) is 2.75. The van der Waals surface area contributed by atoms with E-state index in [1.807, 2.05) is 32.0 Å². The van der Waals surface area contributed by atoms with Gasteiger partial charge >= 0.3 is 5.56 Å². The average molecular weight is 273 g/mol. The van der Waals surface area contributed by atoms with Crippen LogP contribution in [0.5, 0.6) is 0 Å². The fourth-order valence-electron chi connectivity index (χ4n) is 1.80. The first-order chi connectivity index (χ1) is 9.06. The Morgan fingerprint density at radius 2 is 2.00 bits per heavy atom. The largest absolute Gasteiger partial charge is 0.374 e. The Morgan fingerprint density at radius 1 is 1.21 bits per heavy atom. The second-order valence-electron chi connectivity index (χ2n) is 4.29. The Hall–Kier alpha value is -2.28. The van der Waals surface area contributed by atoms with Gasteiger partial charge in [0.05, 0.1) is 0 Å². The minimum Gasteiger partial charge on any atom is -0.374 e. The lowest BCUT2D eigenvalue weighted by molar-refractivity contribution is 0.863. The zero-order chi connectivity index (χ0) is 13.6. The van der Waals surface area contributed by atoms with Crippen molar-refractivity contribution in [2.75, 3.05) is 5.73 Å². The fourth-order valence-corrected chi connectivity index (χ4v) is 2.40. The summed E-state index contributed by atoms with van der Waals surface area (Å²) >= 11 is 1.13. The van der Waals surface area contributed by atoms with E-state index in [0.717, 1.165) is 28.0 Å². The van der Waals surface area contributed by atoms with Crippen molar-refractivity contribution in [1.29, 1.82) is 0 Å². The summed E-state index contributed by atoms with van der Waals surface area (Å²) in [5, 5.41) is 12.2. The molecule has 0 saturated carbocycles. The van der Waals surface area contributed by atoms with Crippen molar-refractivity contribution in [2.24, 2.45) is 0 Å². The maximum atomic E-state index is 12.3. The van der Waals surface area contributed by atoms with Gasteiger partial charge in [0.2, 0.25) is 10.1 Å². The summed E-state index contributed by atoms with van der Waals surface area (Å²) in [5.41, 5.74) is 8.55. The van der Waals surface area contributed by atoms with Crippen LogP contribution in [0.25, 0.3) is 16.2 Å². The van der Waals surface area contributed by atoms with Gasteiger partial charge in [-0.1, -0.05) is 23.5 Å². The van der Waals surface area contributed by atoms with Crippen molar-refractivity contribution in [3.63, 3.8) is 0 Å². The highest BCUT2D eigenvalue weighted by Gasteiger charge is 2.12. The maximum absolute atomic E-state index is 12.3. The molecular weight excluding hydrogens is 262 g/mol. The Labute approximate surface area is 112 Å². The molecule has 2 aromatic heterocycles. The molecule has 0 bridgehead atoms. The molecule has 2 N–H and O–H groups in total. The number of aryl methyl sites for hydroxylation is 2. The van der Waals surface area contributed by atoms with Crippen LogP contribution in [0.4, 0.5) is 5.13 Å². The van der Waals surface area contributed by atoms with Crippen LogP contribution < -0.4 is 11.3 Å². The lowest BCUT2D eigenvalue weighted by Crippen LogP contribution is -2.19. The van der Waals surface area contributed by atoms with Crippen molar-refractivity contribution >= 4 is 21.4 Å². The number of fused-ring (bicyclic) bond motifs is 1. The van der Waals surface area contributed by atoms with Gasteiger partial charge in [0.1, 0.15) is 0 Å². The first-order valence-electron chi connectivity index (χ1n) is 5.66. The number of aromatic nitrogens is 4. The number of hydrogen-bond donors (Lipinski definition) is 1. The minimum absolute atomic E-state index is 0.283. The summed E-state index contributed by atoms with van der Waals surface area (Å²) < 4.78 is 1.19. The van der Waals surface area contributed by atoms with E-state index < -0.39 is 0 Å². The Bertz CT molecular complexity index is 836. The summed E-state index contributed by atoms with van der Waals surface area (Å²) in [6.07, 6.45) is 0. The van der Waals surface area contributed by atoms with Crippen molar-refractivity contribution in [3.8, 4) is 11.3 Å². The highest BCUT2D eigenvalue weighted by molar-refractivity contribution is 7.20. The molecule has 0 unspecified atom stereocenters. The number of nitrogens with zero attached hydrogens (tertiary/aromatic N) is 4. The molecule has 3 aromatic rings. The van der Waals surface area contributed by atoms with Crippen molar-refractivity contribution in [3.05, 3.63) is 39.7 Å². The van der Waals surface area contributed by atoms with Crippen LogP contribution in [0, 0.1) is 13.8 Å². The number of hydrogen-bond acceptors (Lipinski definition) is 6. The van der Waals surface area contributed by atoms with Crippen molar-refractivity contribution in [1.82, 2.24) is 19.8 Å². The molecule has 96 valence electrons. The Morgan fingerprint density at radius 3 is 2.74 bits per heavy atom. The molecule has 2 heterocycles. The zero-order valence-electron chi connectivity index (χ0n) is 10.4. The van der Waals surface area contributed by atoms with Crippen LogP contribution in [-0.2, 0) is 0 Å². The highest BCUT2D eigenvalue weighted by atomic mass is 32.1. The topological polar surface area (TPSA) is 86.2 Å². The first kappa shape index (κ1) is 11.8. The molecule has 0 saturated heterocycles. The predicted molar refractivity (Wildman–Crippen MR) is 74.3 cm³/mol. The molecule has 0 fully saturated rings. The summed E-state index contributed by atoms with van der Waals surface area (Å²) in [7, 11) is 0. The molecule has 0 spiro atoms. The highest BCUT2D eigenvalue weighted by Crippen LogP contribution is 2.18. The molecule has 1 aromatic carbocycles. The van der Waals surface area contributed by atoms with Crippen LogP contribution in [0.2, 0.25) is 0 Å². The third kappa shape index (κ3) is 1.88. The van der Waals surface area contributed by atoms with Gasteiger partial charge in [0, 0.05) is 5.56 Å². The Kier molecular flexibility index (Phi) is 2.56. The fraction of sp³-hybridized carbons (Fsp3) is 0.167. The number of anilines is 1. The lowest BCUT2D eigenvalue weighted by atomic mass is 10.0. The summed E-state index contributed by atoms with van der Waals surface area (Å²) in [6.45, 7) is 4.01. The van der Waals surface area contributed by atoms with Gasteiger partial charge in [-0.15, -0.1) is 15.3 Å². The van der Waals surface area contributed by atoms with E-state index in [2.05, 4.69) is 15.3 Å². The quantitative estimate of drug-likeness (QED) is 0.724. The SMILES string of the molecule is Cc1ccc(-c2nnc3sc(N)nn3c2=O)cc1C. The molecule has 7 heteroatoms. The molecule has 0 amide bonds. The molecule has 0 radical (unpaired) electrons. The number of rotatable bonds is 1. The minimum atomic E-state index is -0.304. The maximum Gasteiger partial charge on any atom is 0.302 e. The molecule has 0 atom stereocenters. The van der Waals surface area contributed by atoms with Crippen LogP contribution in [0.1, 0.15) is 11.1 Å². The normalized spacial score (nSPS) is 11.1. The lowest BCUT2D eigenvalue weighted by Gasteiger charge is -2.03. The van der Waals surface area contributed by atoms with Gasteiger partial charge in [-0.3, -0.25) is 4.79 Å². The molecule has 3 rings (SSSR count). The summed E-state index contributed by atoms with van der Waals surface area (Å²) in [6, 6.07) is 5.73. The van der Waals surface area contributed by atoms with Crippen LogP contribution in [-0.4, -0.2) is 19.8 Å². The number of nitrogens with two attached hydrogens (primary N) is 1. The van der Waals surface area contributed by atoms with Gasteiger partial charge in [-0.2, -0.15) is 4.52 Å². The smallest absolute Gasteiger partial charge is 0.302 e. The molecule has 0 aliphatic heterocycles. The third-order valence-electron chi connectivity index (χ3n) is 2.99. The van der Waals surface area contributed by atoms with Crippen molar-refractivity contribution in [2.45, 2.75) is 13.8 Å². The van der Waals surface area contributed by atoms with Gasteiger partial charge in [-0.25, -0.2) is 0 Å². The van der Waals surface area contributed by atoms with E-state index in [-0.39, 0.29) is 11.3 Å². The number of nitrogen functional groups attached to an aromatic ring is 1. The standard InChI is InChI=1S/C12H11N5OS/c1-6-3-4-8(5-7(6)2)9-10(18)17-12(15-14-9)19-11(13)16-17/h3-5H,1-2H3,(H2,13,16). The van der Waals surface area contributed by atoms with E-state index in [4.69, 9.17) is 5.73 Å². The molecule has 0 aliphatic rings. The van der Waals surface area contributed by atoms with E-state index in [0.29, 0.717) is 10.1 Å². The van der Waals surface area contributed by atoms with E-state index >= 15 is 0 Å². The second kappa shape index (κ2) is 4.13. The van der Waals surface area contributed by atoms with Crippen LogP contribution in [0.15, 0.2) is 23.0 Å². The van der Waals surface area contributed by atoms with Crippen LogP contribution >= 0.6 is 11.3 Å². The van der Waals surface area contributed by atoms with Gasteiger partial charge in [0.25, 0.3) is 0 Å². The zero-order valence-corrected chi connectivity index (χ0v) is 11.2. The third-order valence-corrected chi connectivity index (χ3v) is 3.71. The second-order valence-corrected chi connectivity index (χ2v) is 5.28. The van der Waals surface area contributed by atoms with E-state index in [1.165, 1.54) is 4.52 Å². The summed E-state index contributed by atoms with van der Waals surface area (Å²) in [5.74, 6) is 0. The number of benzene rings is 1. The van der Waals surface area contributed by atoms with E-state index in [1.54, 1.807) is 0 Å². The molecule has 6 nitrogen and oxygen atoms in total. The van der Waals surface area contributed by atoms with Gasteiger partial charge in [-0.05, 0) is 31.0 Å².